The Balaban J connectivity index is 2.35. The maximum atomic E-state index is 12.3. The number of hydrogen-bond acceptors (Lipinski definition) is 4. The minimum absolute atomic E-state index is 0.00201. The van der Waals surface area contributed by atoms with Crippen molar-refractivity contribution in [2.75, 3.05) is 4.72 Å². The lowest BCUT2D eigenvalue weighted by atomic mass is 10.2. The van der Waals surface area contributed by atoms with Gasteiger partial charge in [-0.05, 0) is 53.2 Å². The van der Waals surface area contributed by atoms with Crippen LogP contribution in [-0.2, 0) is 10.0 Å². The summed E-state index contributed by atoms with van der Waals surface area (Å²) in [4.78, 5) is 14.8. The molecule has 0 radical (unpaired) electrons. The highest BCUT2D eigenvalue weighted by atomic mass is 79.9. The Morgan fingerprint density at radius 3 is 2.52 bits per heavy atom. The van der Waals surface area contributed by atoms with Gasteiger partial charge in [-0.3, -0.25) is 9.71 Å². The topological polar surface area (TPSA) is 96.4 Å². The third kappa shape index (κ3) is 3.59. The number of nitrogens with one attached hydrogen (secondary N) is 1. The van der Waals surface area contributed by atoms with Crippen molar-refractivity contribution in [2.45, 2.75) is 11.8 Å². The van der Waals surface area contributed by atoms with Crippen LogP contribution < -0.4 is 4.72 Å². The molecule has 1 heterocycles. The molecule has 2 N–H and O–H groups in total. The number of halogens is 1. The van der Waals surface area contributed by atoms with Crippen LogP contribution in [0.15, 0.2) is 45.9 Å². The number of sulfonamides is 1. The molecule has 0 aliphatic carbocycles. The summed E-state index contributed by atoms with van der Waals surface area (Å²) in [6.07, 6.45) is 1.41. The molecule has 110 valence electrons. The number of benzene rings is 1. The molecular weight excluding hydrogens is 360 g/mol. The fourth-order valence-corrected chi connectivity index (χ4v) is 3.71. The highest BCUT2D eigenvalue weighted by Crippen LogP contribution is 2.25. The van der Waals surface area contributed by atoms with Gasteiger partial charge in [0.15, 0.2) is 0 Å². The first-order valence-corrected chi connectivity index (χ1v) is 8.05. The molecule has 0 atom stereocenters. The van der Waals surface area contributed by atoms with Crippen LogP contribution in [0.1, 0.15) is 16.1 Å². The summed E-state index contributed by atoms with van der Waals surface area (Å²) in [7, 11) is -3.83. The van der Waals surface area contributed by atoms with E-state index in [1.807, 2.05) is 0 Å². The van der Waals surface area contributed by atoms with E-state index < -0.39 is 16.0 Å². The number of carbonyl (C=O) groups is 1. The molecule has 2 rings (SSSR count). The first kappa shape index (κ1) is 15.5. The zero-order chi connectivity index (χ0) is 15.6. The summed E-state index contributed by atoms with van der Waals surface area (Å²) in [5.74, 6) is -1.13. The monoisotopic (exact) mass is 370 g/mol. The number of hydrogen-bond donors (Lipinski definition) is 2. The number of aryl methyl sites for hydroxylation is 1. The van der Waals surface area contributed by atoms with Gasteiger partial charge in [0.2, 0.25) is 0 Å². The summed E-state index contributed by atoms with van der Waals surface area (Å²) in [5, 5.41) is 8.87. The highest BCUT2D eigenvalue weighted by molar-refractivity contribution is 9.10. The molecule has 1 aromatic heterocycles. The van der Waals surface area contributed by atoms with Crippen molar-refractivity contribution in [1.82, 2.24) is 4.98 Å². The van der Waals surface area contributed by atoms with Gasteiger partial charge >= 0.3 is 5.97 Å². The van der Waals surface area contributed by atoms with Crippen LogP contribution in [0.5, 0.6) is 0 Å². The average molecular weight is 371 g/mol. The SMILES string of the molecule is Cc1ccc(NS(=O)(=O)c2ccc(C(=O)O)cc2Br)cn1. The van der Waals surface area contributed by atoms with Gasteiger partial charge < -0.3 is 5.11 Å². The molecule has 0 aliphatic rings. The molecule has 2 aromatic rings. The van der Waals surface area contributed by atoms with E-state index in [4.69, 9.17) is 5.11 Å². The Kier molecular flexibility index (Phi) is 4.29. The van der Waals surface area contributed by atoms with Crippen LogP contribution in [0.3, 0.4) is 0 Å². The van der Waals surface area contributed by atoms with Gasteiger partial charge in [-0.2, -0.15) is 0 Å². The van der Waals surface area contributed by atoms with Crippen molar-refractivity contribution in [2.24, 2.45) is 0 Å². The second-order valence-electron chi connectivity index (χ2n) is 4.24. The summed E-state index contributed by atoms with van der Waals surface area (Å²) >= 11 is 3.08. The number of anilines is 1. The number of pyridine rings is 1. The van der Waals surface area contributed by atoms with Crippen LogP contribution in [0.4, 0.5) is 5.69 Å². The van der Waals surface area contributed by atoms with E-state index in [2.05, 4.69) is 25.6 Å². The maximum absolute atomic E-state index is 12.3. The normalized spacial score (nSPS) is 11.1. The molecule has 0 saturated heterocycles. The molecule has 6 nitrogen and oxygen atoms in total. The van der Waals surface area contributed by atoms with Gasteiger partial charge in [0.1, 0.15) is 4.90 Å². The fraction of sp³-hybridized carbons (Fsp3) is 0.0769. The highest BCUT2D eigenvalue weighted by Gasteiger charge is 2.19. The fourth-order valence-electron chi connectivity index (χ4n) is 1.59. The van der Waals surface area contributed by atoms with E-state index in [0.717, 1.165) is 5.69 Å². The molecule has 0 bridgehead atoms. The predicted molar refractivity (Wildman–Crippen MR) is 80.9 cm³/mol. The van der Waals surface area contributed by atoms with Gasteiger partial charge in [0.25, 0.3) is 10.0 Å². The van der Waals surface area contributed by atoms with Crippen LogP contribution >= 0.6 is 15.9 Å². The lowest BCUT2D eigenvalue weighted by Gasteiger charge is -2.10. The molecule has 8 heteroatoms. The number of nitrogens with zero attached hydrogens (tertiary/aromatic N) is 1. The zero-order valence-corrected chi connectivity index (χ0v) is 13.3. The van der Waals surface area contributed by atoms with E-state index in [9.17, 15) is 13.2 Å². The Labute approximate surface area is 130 Å². The van der Waals surface area contributed by atoms with Crippen molar-refractivity contribution in [3.8, 4) is 0 Å². The van der Waals surface area contributed by atoms with Gasteiger partial charge in [-0.25, -0.2) is 13.2 Å². The van der Waals surface area contributed by atoms with Crippen LogP contribution in [0.25, 0.3) is 0 Å². The smallest absolute Gasteiger partial charge is 0.335 e. The predicted octanol–water partition coefficient (Wildman–Crippen LogP) is 2.65. The molecule has 0 saturated carbocycles. The average Bonchev–Trinajstić information content (AvgIpc) is 2.40. The second kappa shape index (κ2) is 5.82. The largest absolute Gasteiger partial charge is 0.478 e. The van der Waals surface area contributed by atoms with Crippen LogP contribution in [0, 0.1) is 6.92 Å². The Hall–Kier alpha value is -1.93. The number of carboxylic acid groups (broad SMARTS) is 1. The summed E-state index contributed by atoms with van der Waals surface area (Å²) in [5.41, 5.74) is 1.09. The summed E-state index contributed by atoms with van der Waals surface area (Å²) in [6.45, 7) is 1.79. The number of rotatable bonds is 4. The van der Waals surface area contributed by atoms with Gasteiger partial charge in [0, 0.05) is 10.2 Å². The third-order valence-corrected chi connectivity index (χ3v) is 4.99. The Morgan fingerprint density at radius 1 is 1.29 bits per heavy atom. The minimum atomic E-state index is -3.83. The van der Waals surface area contributed by atoms with Crippen molar-refractivity contribution < 1.29 is 18.3 Å². The molecule has 0 fully saturated rings. The van der Waals surface area contributed by atoms with Crippen molar-refractivity contribution in [3.63, 3.8) is 0 Å². The quantitative estimate of drug-likeness (QED) is 0.862. The van der Waals surface area contributed by atoms with Crippen molar-refractivity contribution in [1.29, 1.82) is 0 Å². The van der Waals surface area contributed by atoms with Gasteiger partial charge in [0.05, 0.1) is 17.4 Å². The van der Waals surface area contributed by atoms with E-state index in [1.165, 1.54) is 24.4 Å². The van der Waals surface area contributed by atoms with E-state index in [0.29, 0.717) is 5.69 Å². The lowest BCUT2D eigenvalue weighted by Crippen LogP contribution is -2.14. The molecule has 0 spiro atoms. The standard InChI is InChI=1S/C13H11BrN2O4S/c1-8-2-4-10(7-15-8)16-21(19,20)12-5-3-9(13(17)18)6-11(12)14/h2-7,16H,1H3,(H,17,18). The van der Waals surface area contributed by atoms with Gasteiger partial charge in [-0.1, -0.05) is 0 Å². The molecule has 21 heavy (non-hydrogen) atoms. The zero-order valence-electron chi connectivity index (χ0n) is 10.9. The number of aromatic carboxylic acids is 1. The lowest BCUT2D eigenvalue weighted by molar-refractivity contribution is 0.0696. The first-order valence-electron chi connectivity index (χ1n) is 5.78. The van der Waals surface area contributed by atoms with E-state index in [-0.39, 0.29) is 14.9 Å². The number of aromatic nitrogens is 1. The molecule has 0 amide bonds. The van der Waals surface area contributed by atoms with Crippen molar-refractivity contribution >= 4 is 37.6 Å². The van der Waals surface area contributed by atoms with Gasteiger partial charge in [-0.15, -0.1) is 0 Å². The Morgan fingerprint density at radius 2 is 2.00 bits per heavy atom. The third-order valence-electron chi connectivity index (χ3n) is 2.63. The van der Waals surface area contributed by atoms with Crippen molar-refractivity contribution in [3.05, 3.63) is 52.3 Å². The van der Waals surface area contributed by atoms with E-state index in [1.54, 1.807) is 19.1 Å². The first-order chi connectivity index (χ1) is 9.79. The summed E-state index contributed by atoms with van der Waals surface area (Å²) < 4.78 is 27.1. The maximum Gasteiger partial charge on any atom is 0.335 e. The molecule has 0 unspecified atom stereocenters. The Bertz CT molecular complexity index is 788. The van der Waals surface area contributed by atoms with Crippen LogP contribution in [-0.4, -0.2) is 24.5 Å². The molecule has 0 aliphatic heterocycles. The molecular formula is C13H11BrN2O4S. The minimum Gasteiger partial charge on any atom is -0.478 e. The summed E-state index contributed by atoms with van der Waals surface area (Å²) in [6, 6.07) is 6.98. The molecule has 1 aromatic carbocycles. The second-order valence-corrected chi connectivity index (χ2v) is 6.75. The van der Waals surface area contributed by atoms with E-state index >= 15 is 0 Å². The number of carboxylic acids is 1. The van der Waals surface area contributed by atoms with Crippen LogP contribution in [0.2, 0.25) is 0 Å².